The van der Waals surface area contributed by atoms with Crippen LogP contribution in [0.5, 0.6) is 0 Å². The molecule has 25 heavy (non-hydrogen) atoms. The van der Waals surface area contributed by atoms with Crippen LogP contribution in [0.4, 0.5) is 0 Å². The largest absolute Gasteiger partial charge is 0.494 e. The average molecular weight is 336 g/mol. The monoisotopic (exact) mass is 336 g/mol. The Labute approximate surface area is 149 Å². The van der Waals surface area contributed by atoms with Crippen LogP contribution in [0.2, 0.25) is 0 Å². The summed E-state index contributed by atoms with van der Waals surface area (Å²) in [4.78, 5) is 0. The Morgan fingerprint density at radius 2 is 1.24 bits per heavy atom. The SMILES string of the molecule is CC(C)(COB1OCc2ccccc21)COB1OCc2ccccc21. The van der Waals surface area contributed by atoms with Crippen LogP contribution >= 0.6 is 0 Å². The first kappa shape index (κ1) is 16.9. The number of rotatable bonds is 6. The molecule has 4 nitrogen and oxygen atoms in total. The summed E-state index contributed by atoms with van der Waals surface area (Å²) in [7, 11) is -0.558. The molecule has 0 bridgehead atoms. The third-order valence-corrected chi connectivity index (χ3v) is 4.65. The maximum atomic E-state index is 6.04. The van der Waals surface area contributed by atoms with Crippen molar-refractivity contribution in [2.75, 3.05) is 13.2 Å². The van der Waals surface area contributed by atoms with Crippen molar-refractivity contribution >= 4 is 25.2 Å². The molecule has 2 aromatic carbocycles. The molecule has 2 aliphatic rings. The van der Waals surface area contributed by atoms with Crippen LogP contribution in [0, 0.1) is 5.41 Å². The number of benzene rings is 2. The maximum Gasteiger partial charge on any atom is 0.494 e. The van der Waals surface area contributed by atoms with E-state index in [1.54, 1.807) is 0 Å². The zero-order chi connectivity index (χ0) is 17.3. The molecule has 0 radical (unpaired) electrons. The lowest BCUT2D eigenvalue weighted by atomic mass is 9.77. The van der Waals surface area contributed by atoms with Crippen molar-refractivity contribution in [1.82, 2.24) is 0 Å². The molecule has 0 saturated carbocycles. The van der Waals surface area contributed by atoms with Crippen LogP contribution in [0.1, 0.15) is 25.0 Å². The van der Waals surface area contributed by atoms with E-state index in [9.17, 15) is 0 Å². The van der Waals surface area contributed by atoms with Gasteiger partial charge in [0.15, 0.2) is 0 Å². The highest BCUT2D eigenvalue weighted by molar-refractivity contribution is 6.63. The van der Waals surface area contributed by atoms with Gasteiger partial charge in [0.1, 0.15) is 0 Å². The molecule has 0 unspecified atom stereocenters. The summed E-state index contributed by atoms with van der Waals surface area (Å²) < 4.78 is 23.6. The van der Waals surface area contributed by atoms with E-state index < -0.39 is 0 Å². The Bertz CT molecular complexity index is 688. The van der Waals surface area contributed by atoms with E-state index in [4.69, 9.17) is 18.6 Å². The molecule has 6 heteroatoms. The van der Waals surface area contributed by atoms with Gasteiger partial charge in [0.2, 0.25) is 0 Å². The predicted octanol–water partition coefficient (Wildman–Crippen LogP) is 1.90. The standard InChI is InChI=1S/C19H22B2O4/c1-19(2,13-24-20-17-9-5-3-7-15(17)11-22-20)14-25-21-18-10-6-4-8-16(18)12-23-21/h3-10H,11-14H2,1-2H3. The van der Waals surface area contributed by atoms with Gasteiger partial charge in [0.05, 0.1) is 13.2 Å². The molecule has 2 heterocycles. The van der Waals surface area contributed by atoms with E-state index in [-0.39, 0.29) is 19.7 Å². The Hall–Kier alpha value is -1.59. The lowest BCUT2D eigenvalue weighted by molar-refractivity contribution is 0.0789. The molecule has 0 fully saturated rings. The van der Waals surface area contributed by atoms with E-state index in [2.05, 4.69) is 38.1 Å². The molecule has 2 aliphatic heterocycles. The topological polar surface area (TPSA) is 36.9 Å². The van der Waals surface area contributed by atoms with Gasteiger partial charge in [-0.15, -0.1) is 0 Å². The minimum absolute atomic E-state index is 0.137. The van der Waals surface area contributed by atoms with E-state index in [0.29, 0.717) is 26.4 Å². The fraction of sp³-hybridized carbons (Fsp3) is 0.368. The van der Waals surface area contributed by atoms with Crippen LogP contribution in [0.3, 0.4) is 0 Å². The highest BCUT2D eigenvalue weighted by atomic mass is 16.6. The summed E-state index contributed by atoms with van der Waals surface area (Å²) in [6, 6.07) is 16.4. The normalized spacial score (nSPS) is 16.2. The molecule has 0 N–H and O–H groups in total. The van der Waals surface area contributed by atoms with Gasteiger partial charge in [-0.3, -0.25) is 0 Å². The van der Waals surface area contributed by atoms with E-state index in [1.165, 1.54) is 11.1 Å². The molecule has 0 spiro atoms. The summed E-state index contributed by atoms with van der Waals surface area (Å²) in [5.74, 6) is 0. The second-order valence-electron chi connectivity index (χ2n) is 7.47. The summed E-state index contributed by atoms with van der Waals surface area (Å²) >= 11 is 0. The lowest BCUT2D eigenvalue weighted by Crippen LogP contribution is -2.40. The summed E-state index contributed by atoms with van der Waals surface area (Å²) in [5.41, 5.74) is 4.54. The van der Waals surface area contributed by atoms with E-state index in [1.807, 2.05) is 24.3 Å². The molecule has 128 valence electrons. The minimum Gasteiger partial charge on any atom is -0.407 e. The van der Waals surface area contributed by atoms with Crippen molar-refractivity contribution < 1.29 is 18.6 Å². The van der Waals surface area contributed by atoms with Crippen molar-refractivity contribution in [2.24, 2.45) is 5.41 Å². The minimum atomic E-state index is -0.279. The van der Waals surface area contributed by atoms with Crippen molar-refractivity contribution in [1.29, 1.82) is 0 Å². The molecule has 0 aliphatic carbocycles. The van der Waals surface area contributed by atoms with Gasteiger partial charge in [-0.25, -0.2) is 0 Å². The molecular weight excluding hydrogens is 314 g/mol. The first-order valence-corrected chi connectivity index (χ1v) is 8.74. The van der Waals surface area contributed by atoms with Crippen molar-refractivity contribution in [3.05, 3.63) is 59.7 Å². The Morgan fingerprint density at radius 3 is 1.72 bits per heavy atom. The van der Waals surface area contributed by atoms with Crippen LogP contribution in [-0.4, -0.2) is 27.5 Å². The van der Waals surface area contributed by atoms with Crippen LogP contribution < -0.4 is 10.9 Å². The first-order valence-electron chi connectivity index (χ1n) is 8.74. The maximum absolute atomic E-state index is 6.04. The molecule has 4 rings (SSSR count). The van der Waals surface area contributed by atoms with Gasteiger partial charge in [-0.05, 0) is 22.1 Å². The highest BCUT2D eigenvalue weighted by Crippen LogP contribution is 2.21. The van der Waals surface area contributed by atoms with Crippen LogP contribution in [-0.2, 0) is 31.8 Å². The zero-order valence-electron chi connectivity index (χ0n) is 14.7. The zero-order valence-corrected chi connectivity index (χ0v) is 14.7. The molecule has 2 aromatic rings. The Balaban J connectivity index is 1.31. The van der Waals surface area contributed by atoms with Crippen molar-refractivity contribution in [3.63, 3.8) is 0 Å². The van der Waals surface area contributed by atoms with Gasteiger partial charge in [-0.1, -0.05) is 62.4 Å². The fourth-order valence-corrected chi connectivity index (χ4v) is 3.22. The summed E-state index contributed by atoms with van der Waals surface area (Å²) in [6.07, 6.45) is 0. The summed E-state index contributed by atoms with van der Waals surface area (Å²) in [5, 5.41) is 0. The van der Waals surface area contributed by atoms with Gasteiger partial charge in [-0.2, -0.15) is 0 Å². The molecular formula is C19H22B2O4. The Kier molecular flexibility index (Phi) is 4.69. The number of hydrogen-bond donors (Lipinski definition) is 0. The molecule has 0 atom stereocenters. The van der Waals surface area contributed by atoms with Gasteiger partial charge in [0, 0.05) is 18.6 Å². The second kappa shape index (κ2) is 6.96. The van der Waals surface area contributed by atoms with Crippen LogP contribution in [0.15, 0.2) is 48.5 Å². The van der Waals surface area contributed by atoms with Crippen molar-refractivity contribution in [3.8, 4) is 0 Å². The van der Waals surface area contributed by atoms with E-state index >= 15 is 0 Å². The second-order valence-corrected chi connectivity index (χ2v) is 7.47. The predicted molar refractivity (Wildman–Crippen MR) is 98.9 cm³/mol. The molecule has 0 amide bonds. The lowest BCUT2D eigenvalue weighted by Gasteiger charge is -2.26. The first-order chi connectivity index (χ1) is 12.1. The smallest absolute Gasteiger partial charge is 0.407 e. The third-order valence-electron chi connectivity index (χ3n) is 4.65. The van der Waals surface area contributed by atoms with Crippen molar-refractivity contribution in [2.45, 2.75) is 27.1 Å². The average Bonchev–Trinajstić information content (AvgIpc) is 3.23. The summed E-state index contributed by atoms with van der Waals surface area (Å²) in [6.45, 7) is 6.61. The van der Waals surface area contributed by atoms with Gasteiger partial charge in [0.25, 0.3) is 0 Å². The highest BCUT2D eigenvalue weighted by Gasteiger charge is 2.35. The Morgan fingerprint density at radius 1 is 0.800 bits per heavy atom. The third kappa shape index (κ3) is 3.67. The molecule has 0 aromatic heterocycles. The van der Waals surface area contributed by atoms with E-state index in [0.717, 1.165) is 10.9 Å². The number of fused-ring (bicyclic) bond motifs is 2. The van der Waals surface area contributed by atoms with Gasteiger partial charge < -0.3 is 18.6 Å². The number of hydrogen-bond acceptors (Lipinski definition) is 4. The molecule has 0 saturated heterocycles. The van der Waals surface area contributed by atoms with Gasteiger partial charge >= 0.3 is 14.2 Å². The fourth-order valence-electron chi connectivity index (χ4n) is 3.22. The van der Waals surface area contributed by atoms with Crippen LogP contribution in [0.25, 0.3) is 0 Å². The quantitative estimate of drug-likeness (QED) is 0.755.